The molecule has 9 nitrogen and oxygen atoms in total. The fourth-order valence-corrected chi connectivity index (χ4v) is 9.36. The van der Waals surface area contributed by atoms with Crippen molar-refractivity contribution < 1.29 is 43.9 Å². The number of carbonyl (C=O) groups is 2. The van der Waals surface area contributed by atoms with E-state index in [1.165, 1.54) is 6.08 Å². The molecule has 212 valence electrons. The van der Waals surface area contributed by atoms with Gasteiger partial charge >= 0.3 is 5.97 Å². The third kappa shape index (κ3) is 4.03. The van der Waals surface area contributed by atoms with Gasteiger partial charge in [0.05, 0.1) is 23.9 Å². The van der Waals surface area contributed by atoms with Gasteiger partial charge in [0.2, 0.25) is 0 Å². The second-order valence-electron chi connectivity index (χ2n) is 13.0. The second kappa shape index (κ2) is 9.63. The van der Waals surface area contributed by atoms with Crippen LogP contribution >= 0.6 is 0 Å². The van der Waals surface area contributed by atoms with Crippen molar-refractivity contribution >= 4 is 11.8 Å². The maximum Gasteiger partial charge on any atom is 0.331 e. The van der Waals surface area contributed by atoms with Crippen LogP contribution in [0.15, 0.2) is 11.6 Å². The van der Waals surface area contributed by atoms with E-state index in [9.17, 15) is 24.9 Å². The minimum Gasteiger partial charge on any atom is -0.458 e. The van der Waals surface area contributed by atoms with Crippen LogP contribution < -0.4 is 0 Å². The zero-order chi connectivity index (χ0) is 27.0. The van der Waals surface area contributed by atoms with Crippen molar-refractivity contribution in [3.63, 3.8) is 0 Å². The van der Waals surface area contributed by atoms with E-state index in [0.29, 0.717) is 19.3 Å². The van der Waals surface area contributed by atoms with Crippen LogP contribution in [0.25, 0.3) is 0 Å². The largest absolute Gasteiger partial charge is 0.458 e. The number of Topliss-reactive ketones (excluding diaryl/α,β-unsaturated/α-hetero) is 1. The van der Waals surface area contributed by atoms with Crippen molar-refractivity contribution in [2.75, 3.05) is 13.7 Å². The van der Waals surface area contributed by atoms with E-state index in [4.69, 9.17) is 18.9 Å². The van der Waals surface area contributed by atoms with Crippen molar-refractivity contribution in [2.24, 2.45) is 35.0 Å². The first-order chi connectivity index (χ1) is 18.1. The number of aliphatic hydroxyl groups excluding tert-OH is 2. The summed E-state index contributed by atoms with van der Waals surface area (Å²) < 4.78 is 22.9. The molecule has 38 heavy (non-hydrogen) atoms. The SMILES string of the molecule is COC1CC(OC2CCC3(C)C(CCC4C3C(=O)C(O)C3C(C5=CC(=O)OC5)CCC43O)C2)OC(C)C1O. The van der Waals surface area contributed by atoms with Crippen LogP contribution in [0.5, 0.6) is 0 Å². The van der Waals surface area contributed by atoms with Gasteiger partial charge in [-0.3, -0.25) is 4.79 Å². The third-order valence-electron chi connectivity index (χ3n) is 11.3. The van der Waals surface area contributed by atoms with Gasteiger partial charge in [-0.05, 0) is 80.6 Å². The smallest absolute Gasteiger partial charge is 0.331 e. The number of carbonyl (C=O) groups excluding carboxylic acids is 2. The molecule has 2 aliphatic heterocycles. The molecule has 13 unspecified atom stereocenters. The van der Waals surface area contributed by atoms with Crippen LogP contribution in [0.4, 0.5) is 0 Å². The third-order valence-corrected chi connectivity index (χ3v) is 11.3. The molecule has 2 heterocycles. The summed E-state index contributed by atoms with van der Waals surface area (Å²) in [6.07, 6.45) is 3.99. The number of fused-ring (bicyclic) bond motifs is 5. The molecule has 0 bridgehead atoms. The molecule has 9 heteroatoms. The number of cyclic esters (lactones) is 1. The summed E-state index contributed by atoms with van der Waals surface area (Å²) in [5.74, 6) is -1.69. The van der Waals surface area contributed by atoms with Crippen molar-refractivity contribution in [1.82, 2.24) is 0 Å². The quantitative estimate of drug-likeness (QED) is 0.365. The number of hydrogen-bond acceptors (Lipinski definition) is 9. The lowest BCUT2D eigenvalue weighted by molar-refractivity contribution is -0.272. The Morgan fingerprint density at radius 3 is 2.58 bits per heavy atom. The Bertz CT molecular complexity index is 997. The highest BCUT2D eigenvalue weighted by molar-refractivity contribution is 5.89. The Balaban J connectivity index is 1.18. The first-order valence-electron chi connectivity index (χ1n) is 14.4. The van der Waals surface area contributed by atoms with Crippen molar-refractivity contribution in [3.8, 4) is 0 Å². The maximum atomic E-state index is 13.9. The number of rotatable bonds is 4. The molecule has 6 rings (SSSR count). The van der Waals surface area contributed by atoms with Crippen molar-refractivity contribution in [2.45, 2.75) is 108 Å². The molecule has 0 radical (unpaired) electrons. The van der Waals surface area contributed by atoms with E-state index >= 15 is 0 Å². The number of hydrogen-bond donors (Lipinski definition) is 3. The molecular formula is C29H42O9. The first-order valence-corrected chi connectivity index (χ1v) is 14.4. The molecule has 0 spiro atoms. The Morgan fingerprint density at radius 2 is 1.87 bits per heavy atom. The summed E-state index contributed by atoms with van der Waals surface area (Å²) in [5, 5.41) is 33.8. The zero-order valence-electron chi connectivity index (χ0n) is 22.6. The van der Waals surface area contributed by atoms with Crippen molar-refractivity contribution in [3.05, 3.63) is 11.6 Å². The molecule has 0 aromatic carbocycles. The Labute approximate surface area is 223 Å². The minimum absolute atomic E-state index is 0.0169. The lowest BCUT2D eigenvalue weighted by Crippen LogP contribution is -2.66. The summed E-state index contributed by atoms with van der Waals surface area (Å²) in [4.78, 5) is 25.6. The van der Waals surface area contributed by atoms with Crippen LogP contribution in [0.1, 0.15) is 65.2 Å². The summed E-state index contributed by atoms with van der Waals surface area (Å²) in [6.45, 7) is 4.18. The van der Waals surface area contributed by atoms with Crippen LogP contribution in [-0.2, 0) is 28.5 Å². The molecule has 4 saturated carbocycles. The lowest BCUT2D eigenvalue weighted by atomic mass is 9.45. The predicted molar refractivity (Wildman–Crippen MR) is 134 cm³/mol. The lowest BCUT2D eigenvalue weighted by Gasteiger charge is -2.61. The minimum atomic E-state index is -1.25. The van der Waals surface area contributed by atoms with E-state index in [1.807, 2.05) is 6.92 Å². The standard InChI is InChI=1S/C29H42O9/c1-14-25(31)20(35-3)12-22(37-14)38-17-6-8-28(2)16(11-17)4-5-19-24(28)27(33)26(32)23-18(7-9-29(19,23)34)15-10-21(30)36-13-15/h10,14,16-20,22-26,31-32,34H,4-9,11-13H2,1-3H3. The summed E-state index contributed by atoms with van der Waals surface area (Å²) in [7, 11) is 1.59. The van der Waals surface area contributed by atoms with Gasteiger partial charge < -0.3 is 34.3 Å². The van der Waals surface area contributed by atoms with E-state index < -0.39 is 35.9 Å². The highest BCUT2D eigenvalue weighted by Gasteiger charge is 2.68. The first kappa shape index (κ1) is 26.8. The monoisotopic (exact) mass is 534 g/mol. The topological polar surface area (TPSA) is 132 Å². The molecule has 4 aliphatic carbocycles. The van der Waals surface area contributed by atoms with Gasteiger partial charge in [-0.2, -0.15) is 0 Å². The van der Waals surface area contributed by atoms with Gasteiger partial charge in [0.25, 0.3) is 0 Å². The number of methoxy groups -OCH3 is 1. The highest BCUT2D eigenvalue weighted by atomic mass is 16.7. The fraction of sp³-hybridized carbons (Fsp3) is 0.862. The molecule has 0 aromatic rings. The number of ketones is 1. The number of aliphatic hydroxyl groups is 3. The maximum absolute atomic E-state index is 13.9. The van der Waals surface area contributed by atoms with Gasteiger partial charge in [-0.25, -0.2) is 4.79 Å². The summed E-state index contributed by atoms with van der Waals surface area (Å²) in [5.41, 5.74) is -0.656. The van der Waals surface area contributed by atoms with Crippen LogP contribution in [0.3, 0.4) is 0 Å². The van der Waals surface area contributed by atoms with Gasteiger partial charge in [-0.15, -0.1) is 0 Å². The van der Waals surface area contributed by atoms with E-state index in [1.54, 1.807) is 7.11 Å². The second-order valence-corrected chi connectivity index (χ2v) is 13.0. The Morgan fingerprint density at radius 1 is 1.08 bits per heavy atom. The summed E-state index contributed by atoms with van der Waals surface area (Å²) in [6, 6.07) is 0. The van der Waals surface area contributed by atoms with Crippen LogP contribution in [0, 0.1) is 35.0 Å². The number of ether oxygens (including phenoxy) is 4. The molecule has 3 N–H and O–H groups in total. The van der Waals surface area contributed by atoms with E-state index in [-0.39, 0.29) is 59.8 Å². The Kier molecular flexibility index (Phi) is 6.80. The van der Waals surface area contributed by atoms with E-state index in [0.717, 1.165) is 37.7 Å². The average molecular weight is 535 g/mol. The summed E-state index contributed by atoms with van der Waals surface area (Å²) >= 11 is 0. The van der Waals surface area contributed by atoms with Gasteiger partial charge in [0.1, 0.15) is 18.8 Å². The zero-order valence-corrected chi connectivity index (χ0v) is 22.6. The van der Waals surface area contributed by atoms with E-state index in [2.05, 4.69) is 6.92 Å². The molecule has 5 fully saturated rings. The van der Waals surface area contributed by atoms with Crippen LogP contribution in [-0.4, -0.2) is 83.2 Å². The van der Waals surface area contributed by atoms with Crippen molar-refractivity contribution in [1.29, 1.82) is 0 Å². The fourth-order valence-electron chi connectivity index (χ4n) is 9.36. The van der Waals surface area contributed by atoms with Gasteiger partial charge in [0, 0.05) is 31.4 Å². The number of esters is 1. The molecule has 6 aliphatic rings. The molecule has 0 aromatic heterocycles. The van der Waals surface area contributed by atoms with Crippen LogP contribution in [0.2, 0.25) is 0 Å². The molecule has 1 saturated heterocycles. The average Bonchev–Trinajstić information content (AvgIpc) is 3.47. The normalized spacial score (nSPS) is 52.6. The van der Waals surface area contributed by atoms with Gasteiger partial charge in [0.15, 0.2) is 12.1 Å². The molecule has 13 atom stereocenters. The molecular weight excluding hydrogens is 492 g/mol. The predicted octanol–water partition coefficient (Wildman–Crippen LogP) is 1.90. The highest BCUT2D eigenvalue weighted by Crippen LogP contribution is 2.65. The Hall–Kier alpha value is -1.36. The molecule has 0 amide bonds. The van der Waals surface area contributed by atoms with Gasteiger partial charge in [-0.1, -0.05) is 6.92 Å².